The largest absolute Gasteiger partial charge is 0.303 e. The maximum Gasteiger partial charge on any atom is 0.123 e. The van der Waals surface area contributed by atoms with Gasteiger partial charge in [0.2, 0.25) is 0 Å². The summed E-state index contributed by atoms with van der Waals surface area (Å²) in [4.78, 5) is 10.8. The molecule has 1 aromatic carbocycles. The Kier molecular flexibility index (Phi) is 2.18. The van der Waals surface area contributed by atoms with Gasteiger partial charge >= 0.3 is 0 Å². The van der Waals surface area contributed by atoms with Gasteiger partial charge in [0.05, 0.1) is 0 Å². The number of aryl methyl sites for hydroxylation is 1. The number of carbonyl (C=O) groups excluding carboxylic acids is 1. The van der Waals surface area contributed by atoms with Crippen LogP contribution in [0.2, 0.25) is 0 Å². The van der Waals surface area contributed by atoms with Gasteiger partial charge in [-0.25, -0.2) is 0 Å². The zero-order valence-corrected chi connectivity index (χ0v) is 8.79. The number of benzene rings is 1. The van der Waals surface area contributed by atoms with E-state index < -0.39 is 0 Å². The topological polar surface area (TPSA) is 17.1 Å². The van der Waals surface area contributed by atoms with Gasteiger partial charge in [-0.3, -0.25) is 0 Å². The third-order valence-electron chi connectivity index (χ3n) is 3.61. The Morgan fingerprint density at radius 2 is 2.21 bits per heavy atom. The minimum absolute atomic E-state index is 0.174. The number of hydrogen-bond acceptors (Lipinski definition) is 1. The highest BCUT2D eigenvalue weighted by molar-refractivity contribution is 5.65. The first-order chi connectivity index (χ1) is 6.74. The highest BCUT2D eigenvalue weighted by atomic mass is 16.1. The molecule has 2 unspecified atom stereocenters. The van der Waals surface area contributed by atoms with Crippen molar-refractivity contribution >= 4 is 6.29 Å². The summed E-state index contributed by atoms with van der Waals surface area (Å²) in [5.74, 6) is 0.258. The molecule has 0 heterocycles. The van der Waals surface area contributed by atoms with Crippen LogP contribution in [-0.4, -0.2) is 6.29 Å². The standard InChI is InChI=1S/C13H16O/c1-3-13(8-11(13)9-14)12-7-5-4-6-10(12)2/h4-7,9,11H,3,8H2,1-2H3. The summed E-state index contributed by atoms with van der Waals surface area (Å²) in [6.07, 6.45) is 3.23. The van der Waals surface area contributed by atoms with Crippen LogP contribution < -0.4 is 0 Å². The Bertz CT molecular complexity index is 356. The lowest BCUT2D eigenvalue weighted by molar-refractivity contribution is -0.109. The number of carbonyl (C=O) groups is 1. The van der Waals surface area contributed by atoms with Crippen molar-refractivity contribution in [3.63, 3.8) is 0 Å². The van der Waals surface area contributed by atoms with Gasteiger partial charge in [0, 0.05) is 11.3 Å². The van der Waals surface area contributed by atoms with Crippen LogP contribution in [0.25, 0.3) is 0 Å². The molecule has 0 aromatic heterocycles. The molecule has 74 valence electrons. The summed E-state index contributed by atoms with van der Waals surface area (Å²) < 4.78 is 0. The monoisotopic (exact) mass is 188 g/mol. The van der Waals surface area contributed by atoms with Crippen LogP contribution in [0.1, 0.15) is 30.9 Å². The van der Waals surface area contributed by atoms with Crippen LogP contribution in [0.4, 0.5) is 0 Å². The molecule has 1 aliphatic rings. The summed E-state index contributed by atoms with van der Waals surface area (Å²) in [5, 5.41) is 0. The maximum absolute atomic E-state index is 10.8. The van der Waals surface area contributed by atoms with Crippen molar-refractivity contribution in [1.29, 1.82) is 0 Å². The van der Waals surface area contributed by atoms with Gasteiger partial charge in [-0.05, 0) is 30.9 Å². The van der Waals surface area contributed by atoms with E-state index in [4.69, 9.17) is 0 Å². The summed E-state index contributed by atoms with van der Waals surface area (Å²) in [6, 6.07) is 8.43. The van der Waals surface area contributed by atoms with Gasteiger partial charge in [-0.15, -0.1) is 0 Å². The first-order valence-electron chi connectivity index (χ1n) is 5.26. The summed E-state index contributed by atoms with van der Waals surface area (Å²) in [5.41, 5.74) is 2.87. The van der Waals surface area contributed by atoms with E-state index in [0.29, 0.717) is 0 Å². The van der Waals surface area contributed by atoms with E-state index in [0.717, 1.165) is 19.1 Å². The summed E-state index contributed by atoms with van der Waals surface area (Å²) >= 11 is 0. The molecule has 0 spiro atoms. The number of hydrogen-bond donors (Lipinski definition) is 0. The predicted octanol–water partition coefficient (Wildman–Crippen LogP) is 2.86. The third-order valence-corrected chi connectivity index (χ3v) is 3.61. The molecule has 1 aliphatic carbocycles. The van der Waals surface area contributed by atoms with E-state index in [1.807, 2.05) is 0 Å². The van der Waals surface area contributed by atoms with Gasteiger partial charge in [0.15, 0.2) is 0 Å². The molecule has 0 aliphatic heterocycles. The molecule has 0 amide bonds. The van der Waals surface area contributed by atoms with E-state index in [-0.39, 0.29) is 11.3 Å². The average molecular weight is 188 g/mol. The second-order valence-electron chi connectivity index (χ2n) is 4.27. The van der Waals surface area contributed by atoms with Crippen LogP contribution in [0.15, 0.2) is 24.3 Å². The van der Waals surface area contributed by atoms with Crippen LogP contribution in [0.5, 0.6) is 0 Å². The van der Waals surface area contributed by atoms with Gasteiger partial charge in [0.1, 0.15) is 6.29 Å². The van der Waals surface area contributed by atoms with Crippen LogP contribution in [0, 0.1) is 12.8 Å². The SMILES string of the molecule is CCC1(c2ccccc2C)CC1C=O. The number of aldehydes is 1. The molecule has 0 N–H and O–H groups in total. The molecule has 0 saturated heterocycles. The Hall–Kier alpha value is -1.11. The molecule has 0 bridgehead atoms. The van der Waals surface area contributed by atoms with Crippen molar-refractivity contribution in [2.75, 3.05) is 0 Å². The lowest BCUT2D eigenvalue weighted by Gasteiger charge is -2.16. The minimum Gasteiger partial charge on any atom is -0.303 e. The zero-order valence-electron chi connectivity index (χ0n) is 8.79. The highest BCUT2D eigenvalue weighted by Gasteiger charge is 2.54. The molecule has 1 aromatic rings. The molecular formula is C13H16O. The molecule has 1 nitrogen and oxygen atoms in total. The van der Waals surface area contributed by atoms with E-state index in [9.17, 15) is 4.79 Å². The molecule has 1 saturated carbocycles. The lowest BCUT2D eigenvalue weighted by atomic mass is 9.88. The van der Waals surface area contributed by atoms with Crippen LogP contribution in [0.3, 0.4) is 0 Å². The second kappa shape index (κ2) is 3.23. The first-order valence-corrected chi connectivity index (χ1v) is 5.26. The van der Waals surface area contributed by atoms with Crippen molar-refractivity contribution < 1.29 is 4.79 Å². The van der Waals surface area contributed by atoms with Gasteiger partial charge in [-0.2, -0.15) is 0 Å². The fourth-order valence-electron chi connectivity index (χ4n) is 2.55. The molecule has 1 fully saturated rings. The van der Waals surface area contributed by atoms with Gasteiger partial charge in [0.25, 0.3) is 0 Å². The van der Waals surface area contributed by atoms with Crippen molar-refractivity contribution in [1.82, 2.24) is 0 Å². The van der Waals surface area contributed by atoms with Crippen LogP contribution in [-0.2, 0) is 10.2 Å². The quantitative estimate of drug-likeness (QED) is 0.667. The predicted molar refractivity (Wildman–Crippen MR) is 57.3 cm³/mol. The van der Waals surface area contributed by atoms with E-state index >= 15 is 0 Å². The maximum atomic E-state index is 10.8. The van der Waals surface area contributed by atoms with Crippen molar-refractivity contribution in [2.24, 2.45) is 5.92 Å². The van der Waals surface area contributed by atoms with E-state index in [2.05, 4.69) is 38.1 Å². The summed E-state index contributed by atoms with van der Waals surface area (Å²) in [6.45, 7) is 4.31. The molecule has 2 rings (SSSR count). The lowest BCUT2D eigenvalue weighted by Crippen LogP contribution is -2.11. The zero-order chi connectivity index (χ0) is 10.2. The smallest absolute Gasteiger partial charge is 0.123 e. The molecule has 14 heavy (non-hydrogen) atoms. The van der Waals surface area contributed by atoms with Crippen molar-refractivity contribution in [2.45, 2.75) is 32.1 Å². The molecule has 1 heteroatoms. The van der Waals surface area contributed by atoms with Gasteiger partial charge in [-0.1, -0.05) is 31.2 Å². The number of rotatable bonds is 3. The highest BCUT2D eigenvalue weighted by Crippen LogP contribution is 2.56. The van der Waals surface area contributed by atoms with Crippen LogP contribution >= 0.6 is 0 Å². The van der Waals surface area contributed by atoms with Gasteiger partial charge < -0.3 is 4.79 Å². The molecular weight excluding hydrogens is 172 g/mol. The minimum atomic E-state index is 0.174. The van der Waals surface area contributed by atoms with Crippen molar-refractivity contribution in [3.05, 3.63) is 35.4 Å². The van der Waals surface area contributed by atoms with Crippen molar-refractivity contribution in [3.8, 4) is 0 Å². The Morgan fingerprint density at radius 1 is 1.50 bits per heavy atom. The third kappa shape index (κ3) is 1.19. The fourth-order valence-corrected chi connectivity index (χ4v) is 2.55. The normalized spacial score (nSPS) is 30.0. The van der Waals surface area contributed by atoms with E-state index in [1.165, 1.54) is 11.1 Å². The Labute approximate surface area is 85.1 Å². The second-order valence-corrected chi connectivity index (χ2v) is 4.27. The van der Waals surface area contributed by atoms with E-state index in [1.54, 1.807) is 0 Å². The molecule has 0 radical (unpaired) electrons. The first kappa shape index (κ1) is 9.45. The fraction of sp³-hybridized carbons (Fsp3) is 0.462. The average Bonchev–Trinajstić information content (AvgIpc) is 2.93. The molecule has 2 atom stereocenters. The Balaban J connectivity index is 2.40. The Morgan fingerprint density at radius 3 is 2.71 bits per heavy atom. The summed E-state index contributed by atoms with van der Waals surface area (Å²) in [7, 11) is 0.